The van der Waals surface area contributed by atoms with Crippen LogP contribution in [0.4, 0.5) is 0 Å². The van der Waals surface area contributed by atoms with E-state index in [-0.39, 0.29) is 12.5 Å². The summed E-state index contributed by atoms with van der Waals surface area (Å²) in [5.74, 6) is 1.11. The van der Waals surface area contributed by atoms with Gasteiger partial charge in [0, 0.05) is 18.8 Å². The molecule has 27 heavy (non-hydrogen) atoms. The van der Waals surface area contributed by atoms with E-state index in [4.69, 9.17) is 9.15 Å². The highest BCUT2D eigenvalue weighted by molar-refractivity contribution is 5.95. The molecule has 1 aromatic carbocycles. The number of hydrogen-bond donors (Lipinski definition) is 1. The fraction of sp³-hybridized carbons (Fsp3) is 0.333. The number of furan rings is 1. The molecule has 0 aliphatic rings. The zero-order valence-corrected chi connectivity index (χ0v) is 16.0. The first-order valence-electron chi connectivity index (χ1n) is 9.08. The fourth-order valence-electron chi connectivity index (χ4n) is 2.87. The summed E-state index contributed by atoms with van der Waals surface area (Å²) in [5.41, 5.74) is 3.81. The highest BCUT2D eigenvalue weighted by Crippen LogP contribution is 2.16. The van der Waals surface area contributed by atoms with Crippen molar-refractivity contribution in [2.75, 3.05) is 6.54 Å². The number of carbonyl (C=O) groups excluding carboxylic acids is 1. The Kier molecular flexibility index (Phi) is 5.96. The minimum absolute atomic E-state index is 0.153. The number of benzene rings is 1. The standard InChI is InChI=1S/C21H25N3O3/c1-15-5-7-18(8-6-15)27-14-20-19(9-12-26-20)21(25)22-10-4-11-24-17(3)13-16(2)23-24/h5-9,12-13H,4,10-11,14H2,1-3H3,(H,22,25). The number of carbonyl (C=O) groups is 1. The molecule has 1 amide bonds. The van der Waals surface area contributed by atoms with Gasteiger partial charge in [-0.3, -0.25) is 9.48 Å². The molecule has 2 heterocycles. The van der Waals surface area contributed by atoms with Gasteiger partial charge < -0.3 is 14.5 Å². The molecule has 3 aromatic rings. The molecule has 0 saturated carbocycles. The lowest BCUT2D eigenvalue weighted by Crippen LogP contribution is -2.26. The predicted octanol–water partition coefficient (Wildman–Crippen LogP) is 3.80. The molecule has 0 fully saturated rings. The summed E-state index contributed by atoms with van der Waals surface area (Å²) in [5, 5.41) is 7.35. The molecule has 0 saturated heterocycles. The van der Waals surface area contributed by atoms with Gasteiger partial charge in [0.05, 0.1) is 17.5 Å². The number of rotatable bonds is 8. The van der Waals surface area contributed by atoms with Crippen molar-refractivity contribution in [3.63, 3.8) is 0 Å². The van der Waals surface area contributed by atoms with Crippen LogP contribution >= 0.6 is 0 Å². The van der Waals surface area contributed by atoms with Crippen LogP contribution in [-0.2, 0) is 13.2 Å². The second-order valence-corrected chi connectivity index (χ2v) is 6.62. The quantitative estimate of drug-likeness (QED) is 0.615. The van der Waals surface area contributed by atoms with Crippen LogP contribution in [0.15, 0.2) is 47.1 Å². The average Bonchev–Trinajstić information content (AvgIpc) is 3.24. The molecule has 142 valence electrons. The number of nitrogens with one attached hydrogen (secondary N) is 1. The Labute approximate surface area is 159 Å². The molecular formula is C21H25N3O3. The van der Waals surface area contributed by atoms with Gasteiger partial charge in [-0.2, -0.15) is 5.10 Å². The third-order valence-electron chi connectivity index (χ3n) is 4.32. The SMILES string of the molecule is Cc1ccc(OCc2occc2C(=O)NCCCn2nc(C)cc2C)cc1. The molecule has 0 radical (unpaired) electrons. The molecule has 6 heteroatoms. The van der Waals surface area contributed by atoms with E-state index in [2.05, 4.69) is 10.4 Å². The summed E-state index contributed by atoms with van der Waals surface area (Å²) in [6.07, 6.45) is 2.32. The van der Waals surface area contributed by atoms with Gasteiger partial charge in [0.25, 0.3) is 5.91 Å². The van der Waals surface area contributed by atoms with E-state index in [1.54, 1.807) is 6.07 Å². The minimum Gasteiger partial charge on any atom is -0.486 e. The Balaban J connectivity index is 1.48. The molecule has 1 N–H and O–H groups in total. The molecular weight excluding hydrogens is 342 g/mol. The van der Waals surface area contributed by atoms with Crippen molar-refractivity contribution < 1.29 is 13.9 Å². The maximum Gasteiger partial charge on any atom is 0.254 e. The lowest BCUT2D eigenvalue weighted by atomic mass is 10.2. The van der Waals surface area contributed by atoms with Crippen LogP contribution in [0.2, 0.25) is 0 Å². The highest BCUT2D eigenvalue weighted by Gasteiger charge is 2.15. The van der Waals surface area contributed by atoms with Gasteiger partial charge in [-0.15, -0.1) is 0 Å². The van der Waals surface area contributed by atoms with Gasteiger partial charge in [-0.1, -0.05) is 17.7 Å². The number of aromatic nitrogens is 2. The maximum atomic E-state index is 12.4. The van der Waals surface area contributed by atoms with Crippen LogP contribution in [0.5, 0.6) is 5.75 Å². The lowest BCUT2D eigenvalue weighted by molar-refractivity contribution is 0.0948. The smallest absolute Gasteiger partial charge is 0.254 e. The lowest BCUT2D eigenvalue weighted by Gasteiger charge is -2.08. The van der Waals surface area contributed by atoms with Crippen LogP contribution < -0.4 is 10.1 Å². The van der Waals surface area contributed by atoms with Crippen molar-refractivity contribution in [1.29, 1.82) is 0 Å². The Morgan fingerprint density at radius 1 is 1.19 bits per heavy atom. The number of ether oxygens (including phenoxy) is 1. The van der Waals surface area contributed by atoms with Crippen molar-refractivity contribution in [1.82, 2.24) is 15.1 Å². The normalized spacial score (nSPS) is 10.8. The van der Waals surface area contributed by atoms with E-state index in [1.165, 1.54) is 11.8 Å². The zero-order chi connectivity index (χ0) is 19.2. The largest absolute Gasteiger partial charge is 0.486 e. The Morgan fingerprint density at radius 3 is 2.67 bits per heavy atom. The Hall–Kier alpha value is -3.02. The third kappa shape index (κ3) is 5.00. The summed E-state index contributed by atoms with van der Waals surface area (Å²) >= 11 is 0. The summed E-state index contributed by atoms with van der Waals surface area (Å²) in [4.78, 5) is 12.4. The van der Waals surface area contributed by atoms with Crippen molar-refractivity contribution in [3.8, 4) is 5.75 Å². The molecule has 2 aromatic heterocycles. The van der Waals surface area contributed by atoms with E-state index >= 15 is 0 Å². The molecule has 0 atom stereocenters. The first kappa shape index (κ1) is 18.8. The highest BCUT2D eigenvalue weighted by atomic mass is 16.5. The topological polar surface area (TPSA) is 69.3 Å². The molecule has 0 bridgehead atoms. The summed E-state index contributed by atoms with van der Waals surface area (Å²) in [6.45, 7) is 7.59. The van der Waals surface area contributed by atoms with Crippen LogP contribution in [-0.4, -0.2) is 22.2 Å². The van der Waals surface area contributed by atoms with Gasteiger partial charge in [0.2, 0.25) is 0 Å². The Bertz CT molecular complexity index is 894. The summed E-state index contributed by atoms with van der Waals surface area (Å²) in [6, 6.07) is 11.5. The molecule has 0 aliphatic heterocycles. The first-order valence-corrected chi connectivity index (χ1v) is 9.08. The van der Waals surface area contributed by atoms with E-state index in [9.17, 15) is 4.79 Å². The molecule has 3 rings (SSSR count). The molecule has 0 unspecified atom stereocenters. The van der Waals surface area contributed by atoms with Crippen molar-refractivity contribution >= 4 is 5.91 Å². The summed E-state index contributed by atoms with van der Waals surface area (Å²) in [7, 11) is 0. The third-order valence-corrected chi connectivity index (χ3v) is 4.32. The van der Waals surface area contributed by atoms with E-state index < -0.39 is 0 Å². The van der Waals surface area contributed by atoms with Crippen molar-refractivity contribution in [2.45, 2.75) is 40.3 Å². The predicted molar refractivity (Wildman–Crippen MR) is 103 cm³/mol. The van der Waals surface area contributed by atoms with E-state index in [0.717, 1.165) is 30.1 Å². The van der Waals surface area contributed by atoms with Crippen molar-refractivity contribution in [3.05, 3.63) is 70.9 Å². The average molecular weight is 367 g/mol. The van der Waals surface area contributed by atoms with Gasteiger partial charge in [-0.05, 0) is 51.5 Å². The van der Waals surface area contributed by atoms with Crippen LogP contribution in [0.1, 0.15) is 39.5 Å². The second-order valence-electron chi connectivity index (χ2n) is 6.62. The van der Waals surface area contributed by atoms with Crippen LogP contribution in [0, 0.1) is 20.8 Å². The van der Waals surface area contributed by atoms with Gasteiger partial charge in [-0.25, -0.2) is 0 Å². The fourth-order valence-corrected chi connectivity index (χ4v) is 2.87. The molecule has 0 aliphatic carbocycles. The van der Waals surface area contributed by atoms with E-state index in [1.807, 2.05) is 55.8 Å². The van der Waals surface area contributed by atoms with Gasteiger partial charge >= 0.3 is 0 Å². The summed E-state index contributed by atoms with van der Waals surface area (Å²) < 4.78 is 13.1. The number of aryl methyl sites for hydroxylation is 4. The molecule has 0 spiro atoms. The maximum absolute atomic E-state index is 12.4. The van der Waals surface area contributed by atoms with Crippen molar-refractivity contribution in [2.24, 2.45) is 0 Å². The number of hydrogen-bond acceptors (Lipinski definition) is 4. The molecule has 6 nitrogen and oxygen atoms in total. The van der Waals surface area contributed by atoms with Gasteiger partial charge in [0.1, 0.15) is 12.4 Å². The van der Waals surface area contributed by atoms with Crippen LogP contribution in [0.25, 0.3) is 0 Å². The van der Waals surface area contributed by atoms with E-state index in [0.29, 0.717) is 17.9 Å². The number of nitrogens with zero attached hydrogens (tertiary/aromatic N) is 2. The Morgan fingerprint density at radius 2 is 1.96 bits per heavy atom. The zero-order valence-electron chi connectivity index (χ0n) is 16.0. The van der Waals surface area contributed by atoms with Gasteiger partial charge in [0.15, 0.2) is 5.76 Å². The minimum atomic E-state index is -0.153. The second kappa shape index (κ2) is 8.58. The first-order chi connectivity index (χ1) is 13.0. The number of amides is 1. The monoisotopic (exact) mass is 367 g/mol. The van der Waals surface area contributed by atoms with Crippen LogP contribution in [0.3, 0.4) is 0 Å².